The second-order valence-electron chi connectivity index (χ2n) is 4.71. The maximum atomic E-state index is 11.8. The third-order valence-electron chi connectivity index (χ3n) is 3.15. The van der Waals surface area contributed by atoms with Crippen molar-refractivity contribution in [3.8, 4) is 0 Å². The average Bonchev–Trinajstić information content (AvgIpc) is 2.73. The van der Waals surface area contributed by atoms with Crippen molar-refractivity contribution < 1.29 is 13.2 Å². The molecule has 0 fully saturated rings. The second-order valence-corrected chi connectivity index (χ2v) is 7.07. The van der Waals surface area contributed by atoms with Gasteiger partial charge in [-0.1, -0.05) is 11.6 Å². The summed E-state index contributed by atoms with van der Waals surface area (Å²) in [6, 6.07) is 5.40. The highest BCUT2D eigenvalue weighted by Gasteiger charge is 2.13. The summed E-state index contributed by atoms with van der Waals surface area (Å²) in [5.41, 5.74) is 1.66. The van der Waals surface area contributed by atoms with Crippen LogP contribution in [0.4, 0.5) is 0 Å². The molecule has 1 aromatic carbocycles. The molecular formula is C13H18ClN3O3S. The summed E-state index contributed by atoms with van der Waals surface area (Å²) in [4.78, 5) is 4.40. The quantitative estimate of drug-likeness (QED) is 0.783. The number of hydrogen-bond acceptors (Lipinski definition) is 4. The summed E-state index contributed by atoms with van der Waals surface area (Å²) in [5, 5.41) is 0.604. The Morgan fingerprint density at radius 3 is 2.90 bits per heavy atom. The van der Waals surface area contributed by atoms with Crippen LogP contribution in [0.2, 0.25) is 5.02 Å². The SMILES string of the molecule is COCCCS(=O)(=O)NCc1nc2cc(Cl)ccc2n1C. The zero-order valence-electron chi connectivity index (χ0n) is 12.0. The van der Waals surface area contributed by atoms with Gasteiger partial charge in [0, 0.05) is 25.8 Å². The van der Waals surface area contributed by atoms with Crippen molar-refractivity contribution in [2.75, 3.05) is 19.5 Å². The number of aromatic nitrogens is 2. The maximum Gasteiger partial charge on any atom is 0.212 e. The molecule has 1 aromatic heterocycles. The Morgan fingerprint density at radius 1 is 1.43 bits per heavy atom. The first-order valence-electron chi connectivity index (χ1n) is 6.50. The molecule has 0 radical (unpaired) electrons. The van der Waals surface area contributed by atoms with E-state index in [-0.39, 0.29) is 12.3 Å². The minimum absolute atomic E-state index is 0.0383. The monoisotopic (exact) mass is 331 g/mol. The number of imidazole rings is 1. The predicted octanol–water partition coefficient (Wildman–Crippen LogP) is 1.68. The van der Waals surface area contributed by atoms with Crippen molar-refractivity contribution in [2.24, 2.45) is 7.05 Å². The van der Waals surface area contributed by atoms with Gasteiger partial charge in [-0.2, -0.15) is 0 Å². The molecule has 2 aromatic rings. The maximum absolute atomic E-state index is 11.8. The van der Waals surface area contributed by atoms with E-state index in [0.717, 1.165) is 11.0 Å². The molecule has 21 heavy (non-hydrogen) atoms. The number of fused-ring (bicyclic) bond motifs is 1. The number of benzene rings is 1. The summed E-state index contributed by atoms with van der Waals surface area (Å²) in [6.07, 6.45) is 0.462. The average molecular weight is 332 g/mol. The summed E-state index contributed by atoms with van der Waals surface area (Å²) >= 11 is 5.93. The van der Waals surface area contributed by atoms with Gasteiger partial charge in [-0.05, 0) is 24.6 Å². The molecule has 0 aliphatic carbocycles. The highest BCUT2D eigenvalue weighted by molar-refractivity contribution is 7.89. The van der Waals surface area contributed by atoms with E-state index in [1.807, 2.05) is 17.7 Å². The first-order chi connectivity index (χ1) is 9.93. The minimum Gasteiger partial charge on any atom is -0.385 e. The van der Waals surface area contributed by atoms with Crippen LogP contribution in [-0.4, -0.2) is 37.4 Å². The number of nitrogens with zero attached hydrogens (tertiary/aromatic N) is 2. The number of halogens is 1. The molecule has 0 atom stereocenters. The van der Waals surface area contributed by atoms with Gasteiger partial charge in [0.2, 0.25) is 10.0 Å². The van der Waals surface area contributed by atoms with Gasteiger partial charge in [0.15, 0.2) is 0 Å². The Labute approximate surface area is 129 Å². The Kier molecular flexibility index (Phi) is 5.21. The first kappa shape index (κ1) is 16.2. The van der Waals surface area contributed by atoms with Crippen LogP contribution >= 0.6 is 11.6 Å². The standard InChI is InChI=1S/C13H18ClN3O3S/c1-17-12-5-4-10(14)8-11(12)16-13(17)9-15-21(18,19)7-3-6-20-2/h4-5,8,15H,3,6-7,9H2,1-2H3. The third-order valence-corrected chi connectivity index (χ3v) is 4.79. The molecule has 0 spiro atoms. The Morgan fingerprint density at radius 2 is 2.19 bits per heavy atom. The molecule has 116 valence electrons. The van der Waals surface area contributed by atoms with E-state index in [4.69, 9.17) is 16.3 Å². The largest absolute Gasteiger partial charge is 0.385 e. The normalized spacial score (nSPS) is 12.1. The number of aryl methyl sites for hydroxylation is 1. The lowest BCUT2D eigenvalue weighted by molar-refractivity contribution is 0.199. The number of hydrogen-bond donors (Lipinski definition) is 1. The smallest absolute Gasteiger partial charge is 0.212 e. The summed E-state index contributed by atoms with van der Waals surface area (Å²) in [5.74, 6) is 0.680. The molecule has 0 saturated carbocycles. The highest BCUT2D eigenvalue weighted by atomic mass is 35.5. The highest BCUT2D eigenvalue weighted by Crippen LogP contribution is 2.19. The van der Waals surface area contributed by atoms with Gasteiger partial charge in [-0.15, -0.1) is 0 Å². The van der Waals surface area contributed by atoms with E-state index in [1.54, 1.807) is 19.2 Å². The summed E-state index contributed by atoms with van der Waals surface area (Å²) in [7, 11) is 0.0675. The minimum atomic E-state index is -3.32. The molecule has 0 saturated heterocycles. The second kappa shape index (κ2) is 6.74. The Bertz CT molecular complexity index is 728. The fourth-order valence-corrected chi connectivity index (χ4v) is 3.18. The van der Waals surface area contributed by atoms with E-state index in [0.29, 0.717) is 23.9 Å². The van der Waals surface area contributed by atoms with Crippen LogP contribution in [0.25, 0.3) is 11.0 Å². The molecule has 1 N–H and O–H groups in total. The number of sulfonamides is 1. The van der Waals surface area contributed by atoms with Crippen molar-refractivity contribution in [3.63, 3.8) is 0 Å². The number of ether oxygens (including phenoxy) is 1. The summed E-state index contributed by atoms with van der Waals surface area (Å²) < 4.78 is 32.9. The van der Waals surface area contributed by atoms with E-state index in [1.165, 1.54) is 0 Å². The van der Waals surface area contributed by atoms with Crippen LogP contribution < -0.4 is 4.72 Å². The molecule has 6 nitrogen and oxygen atoms in total. The molecule has 0 bridgehead atoms. The van der Waals surface area contributed by atoms with Crippen molar-refractivity contribution >= 4 is 32.7 Å². The van der Waals surface area contributed by atoms with Gasteiger partial charge < -0.3 is 9.30 Å². The van der Waals surface area contributed by atoms with Gasteiger partial charge in [0.25, 0.3) is 0 Å². The molecule has 0 aliphatic heterocycles. The van der Waals surface area contributed by atoms with Crippen molar-refractivity contribution in [2.45, 2.75) is 13.0 Å². The lowest BCUT2D eigenvalue weighted by Crippen LogP contribution is -2.27. The fourth-order valence-electron chi connectivity index (χ4n) is 2.02. The topological polar surface area (TPSA) is 73.2 Å². The van der Waals surface area contributed by atoms with E-state index < -0.39 is 10.0 Å². The van der Waals surface area contributed by atoms with Crippen LogP contribution in [0.1, 0.15) is 12.2 Å². The molecule has 0 amide bonds. The lowest BCUT2D eigenvalue weighted by Gasteiger charge is -2.06. The number of nitrogens with one attached hydrogen (secondary N) is 1. The summed E-state index contributed by atoms with van der Waals surface area (Å²) in [6.45, 7) is 0.573. The first-order valence-corrected chi connectivity index (χ1v) is 8.53. The van der Waals surface area contributed by atoms with Crippen molar-refractivity contribution in [1.29, 1.82) is 0 Å². The fraction of sp³-hybridized carbons (Fsp3) is 0.462. The van der Waals surface area contributed by atoms with Gasteiger partial charge >= 0.3 is 0 Å². The zero-order chi connectivity index (χ0) is 15.5. The Balaban J connectivity index is 2.08. The van der Waals surface area contributed by atoms with Gasteiger partial charge in [-0.3, -0.25) is 0 Å². The molecule has 8 heteroatoms. The predicted molar refractivity (Wildman–Crippen MR) is 82.8 cm³/mol. The van der Waals surface area contributed by atoms with Crippen LogP contribution in [0, 0.1) is 0 Å². The number of methoxy groups -OCH3 is 1. The van der Waals surface area contributed by atoms with Gasteiger partial charge in [0.05, 0.1) is 23.3 Å². The van der Waals surface area contributed by atoms with E-state index in [9.17, 15) is 8.42 Å². The Hall–Kier alpha value is -1.15. The molecule has 1 heterocycles. The van der Waals surface area contributed by atoms with Crippen molar-refractivity contribution in [3.05, 3.63) is 29.0 Å². The van der Waals surface area contributed by atoms with Crippen LogP contribution in [-0.2, 0) is 28.4 Å². The van der Waals surface area contributed by atoms with Crippen molar-refractivity contribution in [1.82, 2.24) is 14.3 Å². The zero-order valence-corrected chi connectivity index (χ0v) is 13.5. The van der Waals surface area contributed by atoms with E-state index >= 15 is 0 Å². The molecule has 0 aliphatic rings. The van der Waals surface area contributed by atoms with Crippen LogP contribution in [0.5, 0.6) is 0 Å². The van der Waals surface area contributed by atoms with Gasteiger partial charge in [-0.25, -0.2) is 18.1 Å². The third kappa shape index (κ3) is 4.16. The molecule has 0 unspecified atom stereocenters. The van der Waals surface area contributed by atoms with E-state index in [2.05, 4.69) is 9.71 Å². The van der Waals surface area contributed by atoms with Crippen LogP contribution in [0.3, 0.4) is 0 Å². The van der Waals surface area contributed by atoms with Crippen LogP contribution in [0.15, 0.2) is 18.2 Å². The molecule has 2 rings (SSSR count). The lowest BCUT2D eigenvalue weighted by atomic mass is 10.3. The van der Waals surface area contributed by atoms with Gasteiger partial charge in [0.1, 0.15) is 5.82 Å². The number of rotatable bonds is 7. The molecular weight excluding hydrogens is 314 g/mol.